The second kappa shape index (κ2) is 10.0. The number of nitrogens with zero attached hydrogens (tertiary/aromatic N) is 1. The van der Waals surface area contributed by atoms with E-state index in [9.17, 15) is 4.79 Å². The Hall–Kier alpha value is -3.38. The first-order valence-corrected chi connectivity index (χ1v) is 11.6. The van der Waals surface area contributed by atoms with Crippen LogP contribution >= 0.6 is 15.9 Å². The maximum Gasteiger partial charge on any atom is 0.248 e. The molecule has 1 heterocycles. The van der Waals surface area contributed by atoms with Gasteiger partial charge in [0.25, 0.3) is 0 Å². The van der Waals surface area contributed by atoms with Gasteiger partial charge in [0, 0.05) is 27.4 Å². The summed E-state index contributed by atoms with van der Waals surface area (Å²) in [7, 11) is 1.60. The Bertz CT molecular complexity index is 1330. The van der Waals surface area contributed by atoms with Crippen LogP contribution in [0.2, 0.25) is 0 Å². The van der Waals surface area contributed by atoms with Crippen LogP contribution in [0.15, 0.2) is 75.6 Å². The zero-order valence-electron chi connectivity index (χ0n) is 18.8. The number of carbonyl (C=O) groups excluding carboxylic acids is 1. The summed E-state index contributed by atoms with van der Waals surface area (Å²) >= 11 is 3.44. The molecule has 1 atom stereocenters. The molecule has 4 rings (SSSR count). The van der Waals surface area contributed by atoms with Crippen LogP contribution in [0, 0.1) is 0 Å². The van der Waals surface area contributed by atoms with Crippen LogP contribution in [0.3, 0.4) is 0 Å². The zero-order chi connectivity index (χ0) is 23.4. The molecule has 0 aliphatic heterocycles. The Balaban J connectivity index is 1.52. The van der Waals surface area contributed by atoms with Crippen molar-refractivity contribution in [2.75, 3.05) is 12.4 Å². The van der Waals surface area contributed by atoms with Gasteiger partial charge in [0.05, 0.1) is 7.11 Å². The average Bonchev–Trinajstić information content (AvgIpc) is 3.26. The molecule has 0 bridgehead atoms. The third kappa shape index (κ3) is 5.34. The van der Waals surface area contributed by atoms with Gasteiger partial charge in [-0.15, -0.1) is 0 Å². The highest BCUT2D eigenvalue weighted by Crippen LogP contribution is 2.29. The summed E-state index contributed by atoms with van der Waals surface area (Å²) in [5.74, 6) is 1.44. The quantitative estimate of drug-likeness (QED) is 0.265. The number of methoxy groups -OCH3 is 1. The lowest BCUT2D eigenvalue weighted by molar-refractivity contribution is -0.111. The number of carbonyl (C=O) groups is 1. The van der Waals surface area contributed by atoms with E-state index in [1.165, 1.54) is 11.6 Å². The molecule has 0 aliphatic rings. The lowest BCUT2D eigenvalue weighted by atomic mass is 9.98. The molecule has 1 amide bonds. The van der Waals surface area contributed by atoms with Gasteiger partial charge in [-0.3, -0.25) is 4.79 Å². The Kier molecular flexibility index (Phi) is 6.94. The molecule has 3 aromatic carbocycles. The first kappa shape index (κ1) is 22.8. The molecule has 0 aliphatic carbocycles. The highest BCUT2D eigenvalue weighted by Gasteiger charge is 2.12. The van der Waals surface area contributed by atoms with Gasteiger partial charge in [-0.1, -0.05) is 41.9 Å². The summed E-state index contributed by atoms with van der Waals surface area (Å²) in [4.78, 5) is 17.2. The van der Waals surface area contributed by atoms with Gasteiger partial charge in [0.15, 0.2) is 5.58 Å². The van der Waals surface area contributed by atoms with Crippen LogP contribution in [-0.4, -0.2) is 18.0 Å². The van der Waals surface area contributed by atoms with Crippen LogP contribution in [-0.2, 0) is 4.79 Å². The number of ether oxygens (including phenoxy) is 1. The lowest BCUT2D eigenvalue weighted by Crippen LogP contribution is -2.07. The van der Waals surface area contributed by atoms with Crippen molar-refractivity contribution in [3.05, 3.63) is 82.3 Å². The molecular weight excluding hydrogens is 480 g/mol. The fourth-order valence-corrected chi connectivity index (χ4v) is 3.90. The summed E-state index contributed by atoms with van der Waals surface area (Å²) < 4.78 is 12.2. The molecule has 0 radical (unpaired) electrons. The smallest absolute Gasteiger partial charge is 0.248 e. The van der Waals surface area contributed by atoms with Crippen molar-refractivity contribution in [2.24, 2.45) is 0 Å². The fourth-order valence-electron chi connectivity index (χ4n) is 3.52. The van der Waals surface area contributed by atoms with Crippen molar-refractivity contribution < 1.29 is 13.9 Å². The molecule has 1 N–H and O–H groups in total. The van der Waals surface area contributed by atoms with Gasteiger partial charge in [-0.25, -0.2) is 4.98 Å². The Morgan fingerprint density at radius 3 is 2.82 bits per heavy atom. The standard InChI is InChI=1S/C27H25BrN2O3/c1-4-17(2)18-8-11-25-23(16-18)30-27(33-25)20-6-5-7-22(15-20)29-26(31)13-9-19-14-21(28)10-12-24(19)32-3/h5-17H,4H2,1-3H3,(H,29,31)/b13-9+/t17-/m0/s1. The van der Waals surface area contributed by atoms with E-state index in [1.807, 2.05) is 48.5 Å². The highest BCUT2D eigenvalue weighted by molar-refractivity contribution is 9.10. The number of hydrogen-bond acceptors (Lipinski definition) is 4. The van der Waals surface area contributed by atoms with E-state index in [1.54, 1.807) is 13.2 Å². The van der Waals surface area contributed by atoms with E-state index < -0.39 is 0 Å². The predicted octanol–water partition coefficient (Wildman–Crippen LogP) is 7.43. The van der Waals surface area contributed by atoms with Gasteiger partial charge in [0.1, 0.15) is 11.3 Å². The largest absolute Gasteiger partial charge is 0.496 e. The molecule has 168 valence electrons. The van der Waals surface area contributed by atoms with E-state index in [-0.39, 0.29) is 5.91 Å². The van der Waals surface area contributed by atoms with Crippen molar-refractivity contribution in [1.82, 2.24) is 4.98 Å². The number of amides is 1. The molecule has 0 fully saturated rings. The number of hydrogen-bond donors (Lipinski definition) is 1. The first-order valence-electron chi connectivity index (χ1n) is 10.8. The van der Waals surface area contributed by atoms with Crippen molar-refractivity contribution in [3.8, 4) is 17.2 Å². The molecule has 6 heteroatoms. The van der Waals surface area contributed by atoms with Crippen LogP contribution in [0.5, 0.6) is 5.75 Å². The normalized spacial score (nSPS) is 12.2. The molecule has 5 nitrogen and oxygen atoms in total. The predicted molar refractivity (Wildman–Crippen MR) is 137 cm³/mol. The van der Waals surface area contributed by atoms with E-state index in [0.29, 0.717) is 23.2 Å². The summed E-state index contributed by atoms with van der Waals surface area (Å²) in [6, 6.07) is 19.2. The molecular formula is C27H25BrN2O3. The SMILES string of the molecule is CC[C@H](C)c1ccc2oc(-c3cccc(NC(=O)/C=C/c4cc(Br)ccc4OC)c3)nc2c1. The Morgan fingerprint density at radius 1 is 1.18 bits per heavy atom. The van der Waals surface area contributed by atoms with E-state index in [2.05, 4.69) is 52.2 Å². The number of nitrogens with one attached hydrogen (secondary N) is 1. The number of fused-ring (bicyclic) bond motifs is 1. The lowest BCUT2D eigenvalue weighted by Gasteiger charge is -2.07. The zero-order valence-corrected chi connectivity index (χ0v) is 20.3. The number of rotatable bonds is 7. The number of halogens is 1. The first-order chi connectivity index (χ1) is 16.0. The average molecular weight is 505 g/mol. The Morgan fingerprint density at radius 2 is 2.03 bits per heavy atom. The Labute approximate surface area is 201 Å². The minimum Gasteiger partial charge on any atom is -0.496 e. The van der Waals surface area contributed by atoms with Gasteiger partial charge in [-0.05, 0) is 72.5 Å². The summed E-state index contributed by atoms with van der Waals surface area (Å²) in [5.41, 5.74) is 5.09. The van der Waals surface area contributed by atoms with E-state index >= 15 is 0 Å². The third-order valence-electron chi connectivity index (χ3n) is 5.58. The van der Waals surface area contributed by atoms with Crippen molar-refractivity contribution in [2.45, 2.75) is 26.2 Å². The number of benzene rings is 3. The van der Waals surface area contributed by atoms with Gasteiger partial charge < -0.3 is 14.5 Å². The van der Waals surface area contributed by atoms with Gasteiger partial charge in [-0.2, -0.15) is 0 Å². The maximum absolute atomic E-state index is 12.5. The highest BCUT2D eigenvalue weighted by atomic mass is 79.9. The second-order valence-corrected chi connectivity index (χ2v) is 8.76. The number of aromatic nitrogens is 1. The minimum atomic E-state index is -0.245. The van der Waals surface area contributed by atoms with Gasteiger partial charge in [0.2, 0.25) is 11.8 Å². The minimum absolute atomic E-state index is 0.245. The van der Waals surface area contributed by atoms with Crippen LogP contribution in [0.25, 0.3) is 28.6 Å². The molecule has 4 aromatic rings. The summed E-state index contributed by atoms with van der Waals surface area (Å²) in [6.07, 6.45) is 4.27. The van der Waals surface area contributed by atoms with E-state index in [0.717, 1.165) is 33.1 Å². The fraction of sp³-hybridized carbons (Fsp3) is 0.185. The number of anilines is 1. The van der Waals surface area contributed by atoms with E-state index in [4.69, 9.17) is 9.15 Å². The molecule has 0 saturated heterocycles. The van der Waals surface area contributed by atoms with Crippen LogP contribution < -0.4 is 10.1 Å². The molecule has 0 spiro atoms. The monoisotopic (exact) mass is 504 g/mol. The van der Waals surface area contributed by atoms with Crippen molar-refractivity contribution in [3.63, 3.8) is 0 Å². The van der Waals surface area contributed by atoms with Crippen LogP contribution in [0.1, 0.15) is 37.3 Å². The molecule has 0 unspecified atom stereocenters. The number of oxazole rings is 1. The summed E-state index contributed by atoms with van der Waals surface area (Å²) in [6.45, 7) is 4.38. The van der Waals surface area contributed by atoms with Crippen molar-refractivity contribution >= 4 is 44.7 Å². The third-order valence-corrected chi connectivity index (χ3v) is 6.07. The van der Waals surface area contributed by atoms with Crippen molar-refractivity contribution in [1.29, 1.82) is 0 Å². The molecule has 33 heavy (non-hydrogen) atoms. The second-order valence-electron chi connectivity index (χ2n) is 7.85. The summed E-state index contributed by atoms with van der Waals surface area (Å²) in [5, 5.41) is 2.89. The van der Waals surface area contributed by atoms with Gasteiger partial charge >= 0.3 is 0 Å². The molecule has 1 aromatic heterocycles. The van der Waals surface area contributed by atoms with Crippen LogP contribution in [0.4, 0.5) is 5.69 Å². The molecule has 0 saturated carbocycles. The maximum atomic E-state index is 12.5. The topological polar surface area (TPSA) is 64.4 Å².